The molecule has 3 atom stereocenters. The second kappa shape index (κ2) is 9.08. The molecule has 1 aromatic carbocycles. The highest BCUT2D eigenvalue weighted by Crippen LogP contribution is 2.37. The summed E-state index contributed by atoms with van der Waals surface area (Å²) in [5.41, 5.74) is 1.25. The fourth-order valence-electron chi connectivity index (χ4n) is 5.33. The third-order valence-corrected chi connectivity index (χ3v) is 6.94. The highest BCUT2D eigenvalue weighted by Gasteiger charge is 2.47. The average Bonchev–Trinajstić information content (AvgIpc) is 3.36. The first-order valence-corrected chi connectivity index (χ1v) is 11.2. The zero-order valence-electron chi connectivity index (χ0n) is 17.1. The van der Waals surface area contributed by atoms with Gasteiger partial charge in [0.2, 0.25) is 17.7 Å². The van der Waals surface area contributed by atoms with E-state index in [1.54, 1.807) is 0 Å². The first kappa shape index (κ1) is 20.1. The van der Waals surface area contributed by atoms with Crippen molar-refractivity contribution < 1.29 is 19.3 Å². The maximum atomic E-state index is 12.6. The minimum absolute atomic E-state index is 0.0591. The summed E-state index contributed by atoms with van der Waals surface area (Å²) in [5.74, 6) is -0.478. The molecule has 1 aliphatic carbocycles. The predicted octanol–water partition coefficient (Wildman–Crippen LogP) is 1.09. The van der Waals surface area contributed by atoms with Gasteiger partial charge in [0.25, 0.3) is 0 Å². The predicted molar refractivity (Wildman–Crippen MR) is 109 cm³/mol. The van der Waals surface area contributed by atoms with Crippen molar-refractivity contribution in [1.29, 1.82) is 0 Å². The van der Waals surface area contributed by atoms with Gasteiger partial charge in [-0.1, -0.05) is 43.2 Å². The van der Waals surface area contributed by atoms with Crippen molar-refractivity contribution in [3.8, 4) is 0 Å². The molecule has 0 unspecified atom stereocenters. The van der Waals surface area contributed by atoms with Gasteiger partial charge in [0.05, 0.1) is 31.5 Å². The van der Waals surface area contributed by atoms with Crippen LogP contribution in [0.5, 0.6) is 0 Å². The quantitative estimate of drug-likeness (QED) is 0.676. The highest BCUT2D eigenvalue weighted by atomic mass is 16.2. The van der Waals surface area contributed by atoms with Gasteiger partial charge in [-0.15, -0.1) is 0 Å². The third-order valence-electron chi connectivity index (χ3n) is 6.94. The Labute approximate surface area is 172 Å². The molecule has 3 amide bonds. The number of nitrogens with zero attached hydrogens (tertiary/aromatic N) is 1. The normalized spacial score (nSPS) is 25.9. The standard InChI is InChI=1S/C23H31N3O3/c27-21(12-15-26-22(28)18-10-4-5-11-19(18)23(26)29)24-16-20(25-13-6-7-14-25)17-8-2-1-3-9-17/h1-3,8-9,18-20H,4-7,10-16H2,(H,24,27)/p+1/t18-,19-,20-/m0/s1. The second-order valence-electron chi connectivity index (χ2n) is 8.71. The van der Waals surface area contributed by atoms with Gasteiger partial charge in [0.1, 0.15) is 6.04 Å². The minimum Gasteiger partial charge on any atom is -0.350 e. The van der Waals surface area contributed by atoms with E-state index in [-0.39, 0.29) is 48.6 Å². The first-order valence-electron chi connectivity index (χ1n) is 11.2. The lowest BCUT2D eigenvalue weighted by Crippen LogP contribution is -3.11. The van der Waals surface area contributed by atoms with Crippen LogP contribution in [-0.2, 0) is 14.4 Å². The Hall–Kier alpha value is -2.21. The zero-order chi connectivity index (χ0) is 20.2. The molecule has 2 heterocycles. The number of imide groups is 1. The van der Waals surface area contributed by atoms with E-state index in [2.05, 4.69) is 17.4 Å². The number of likely N-dealkylation sites (tertiary alicyclic amines) is 2. The number of carbonyl (C=O) groups excluding carboxylic acids is 3. The fourth-order valence-corrected chi connectivity index (χ4v) is 5.33. The summed E-state index contributed by atoms with van der Waals surface area (Å²) in [6.07, 6.45) is 6.32. The van der Waals surface area contributed by atoms with Crippen molar-refractivity contribution in [2.45, 2.75) is 51.0 Å². The number of carbonyl (C=O) groups is 3. The number of fused-ring (bicyclic) bond motifs is 1. The van der Waals surface area contributed by atoms with Crippen LogP contribution in [0.15, 0.2) is 30.3 Å². The molecule has 0 spiro atoms. The molecule has 0 aromatic heterocycles. The van der Waals surface area contributed by atoms with E-state index < -0.39 is 0 Å². The van der Waals surface area contributed by atoms with E-state index in [0.717, 1.165) is 38.8 Å². The SMILES string of the molecule is O=C(CCN1C(=O)[C@H]2CCCC[C@@H]2C1=O)NC[C@@H](c1ccccc1)[NH+]1CCCC1. The summed E-state index contributed by atoms with van der Waals surface area (Å²) >= 11 is 0. The van der Waals surface area contributed by atoms with Gasteiger partial charge in [-0.3, -0.25) is 19.3 Å². The molecular weight excluding hydrogens is 366 g/mol. The molecule has 3 aliphatic rings. The van der Waals surface area contributed by atoms with E-state index in [4.69, 9.17) is 0 Å². The third kappa shape index (κ3) is 4.37. The van der Waals surface area contributed by atoms with Gasteiger partial charge in [-0.05, 0) is 12.8 Å². The van der Waals surface area contributed by atoms with Crippen LogP contribution in [-0.4, -0.2) is 48.8 Å². The monoisotopic (exact) mass is 398 g/mol. The van der Waals surface area contributed by atoms with Gasteiger partial charge >= 0.3 is 0 Å². The summed E-state index contributed by atoms with van der Waals surface area (Å²) < 4.78 is 0. The van der Waals surface area contributed by atoms with Gasteiger partial charge in [0.15, 0.2) is 0 Å². The number of benzene rings is 1. The van der Waals surface area contributed by atoms with Crippen LogP contribution in [0.1, 0.15) is 56.6 Å². The Morgan fingerprint density at radius 1 is 1.00 bits per heavy atom. The largest absolute Gasteiger partial charge is 0.350 e. The van der Waals surface area contributed by atoms with Crippen molar-refractivity contribution in [3.05, 3.63) is 35.9 Å². The fraction of sp³-hybridized carbons (Fsp3) is 0.609. The lowest BCUT2D eigenvalue weighted by molar-refractivity contribution is -0.918. The zero-order valence-corrected chi connectivity index (χ0v) is 17.1. The van der Waals surface area contributed by atoms with E-state index in [0.29, 0.717) is 6.54 Å². The first-order chi connectivity index (χ1) is 14.1. The molecule has 2 saturated heterocycles. The lowest BCUT2D eigenvalue weighted by Gasteiger charge is -2.25. The molecule has 2 N–H and O–H groups in total. The molecule has 2 aliphatic heterocycles. The molecule has 6 nitrogen and oxygen atoms in total. The molecule has 3 fully saturated rings. The molecular formula is C23H32N3O3+. The molecule has 1 saturated carbocycles. The molecule has 4 rings (SSSR count). The number of hydrogen-bond donors (Lipinski definition) is 2. The Balaban J connectivity index is 1.31. The highest BCUT2D eigenvalue weighted by molar-refractivity contribution is 6.05. The van der Waals surface area contributed by atoms with E-state index in [1.165, 1.54) is 28.2 Å². The van der Waals surface area contributed by atoms with Crippen molar-refractivity contribution in [2.75, 3.05) is 26.2 Å². The lowest BCUT2D eigenvalue weighted by atomic mass is 9.81. The van der Waals surface area contributed by atoms with Gasteiger partial charge in [-0.2, -0.15) is 0 Å². The Kier molecular flexibility index (Phi) is 6.28. The van der Waals surface area contributed by atoms with E-state index in [1.807, 2.05) is 18.2 Å². The number of rotatable bonds is 7. The Morgan fingerprint density at radius 3 is 2.24 bits per heavy atom. The van der Waals surface area contributed by atoms with Crippen LogP contribution in [0.4, 0.5) is 0 Å². The number of nitrogens with one attached hydrogen (secondary N) is 2. The number of amides is 3. The summed E-state index contributed by atoms with van der Waals surface area (Å²) in [7, 11) is 0. The number of quaternary nitrogens is 1. The molecule has 6 heteroatoms. The molecule has 0 bridgehead atoms. The maximum Gasteiger partial charge on any atom is 0.233 e. The smallest absolute Gasteiger partial charge is 0.233 e. The van der Waals surface area contributed by atoms with Gasteiger partial charge in [0, 0.05) is 31.4 Å². The Morgan fingerprint density at radius 2 is 1.62 bits per heavy atom. The van der Waals surface area contributed by atoms with Crippen LogP contribution in [0.2, 0.25) is 0 Å². The van der Waals surface area contributed by atoms with E-state index >= 15 is 0 Å². The second-order valence-corrected chi connectivity index (χ2v) is 8.71. The van der Waals surface area contributed by atoms with Crippen LogP contribution in [0.3, 0.4) is 0 Å². The summed E-state index contributed by atoms with van der Waals surface area (Å²) in [6, 6.07) is 10.6. The molecule has 156 valence electrons. The van der Waals surface area contributed by atoms with Crippen molar-refractivity contribution >= 4 is 17.7 Å². The topological polar surface area (TPSA) is 70.9 Å². The van der Waals surface area contributed by atoms with Crippen LogP contribution in [0.25, 0.3) is 0 Å². The van der Waals surface area contributed by atoms with E-state index in [9.17, 15) is 14.4 Å². The summed E-state index contributed by atoms with van der Waals surface area (Å²) in [6.45, 7) is 3.07. The average molecular weight is 399 g/mol. The van der Waals surface area contributed by atoms with Crippen molar-refractivity contribution in [3.63, 3.8) is 0 Å². The molecule has 1 aromatic rings. The van der Waals surface area contributed by atoms with Gasteiger partial charge in [-0.25, -0.2) is 0 Å². The Bertz CT molecular complexity index is 721. The summed E-state index contributed by atoms with van der Waals surface area (Å²) in [5, 5.41) is 3.07. The molecule has 29 heavy (non-hydrogen) atoms. The minimum atomic E-state index is -0.138. The van der Waals surface area contributed by atoms with Gasteiger partial charge < -0.3 is 10.2 Å². The molecule has 0 radical (unpaired) electrons. The maximum absolute atomic E-state index is 12.6. The van der Waals surface area contributed by atoms with Crippen molar-refractivity contribution in [1.82, 2.24) is 10.2 Å². The van der Waals surface area contributed by atoms with Crippen LogP contribution < -0.4 is 10.2 Å². The van der Waals surface area contributed by atoms with Crippen LogP contribution >= 0.6 is 0 Å². The summed E-state index contributed by atoms with van der Waals surface area (Å²) in [4.78, 5) is 40.5. The number of hydrogen-bond acceptors (Lipinski definition) is 3. The van der Waals surface area contributed by atoms with Crippen molar-refractivity contribution in [2.24, 2.45) is 11.8 Å². The van der Waals surface area contributed by atoms with Crippen LogP contribution in [0, 0.1) is 11.8 Å².